The lowest BCUT2D eigenvalue weighted by Crippen LogP contribution is -1.98. The summed E-state index contributed by atoms with van der Waals surface area (Å²) in [6.07, 6.45) is 0. The Hall–Kier alpha value is -19.5. The second-order valence-corrected chi connectivity index (χ2v) is 37.9. The lowest BCUT2D eigenvalue weighted by molar-refractivity contribution is 1.10. The van der Waals surface area contributed by atoms with Crippen molar-refractivity contribution in [3.8, 4) is 140 Å². The summed E-state index contributed by atoms with van der Waals surface area (Å²) in [5, 5.41) is 22.3. The molecule has 6 nitrogen and oxygen atoms in total. The third-order valence-electron chi connectivity index (χ3n) is 29.3. The summed E-state index contributed by atoms with van der Waals surface area (Å²) in [5.41, 5.74) is 32.3. The monoisotopic (exact) mass is 1870 g/mol. The van der Waals surface area contributed by atoms with Gasteiger partial charge in [0.05, 0.1) is 33.1 Å². The number of para-hydroxylation sites is 8. The van der Waals surface area contributed by atoms with Crippen LogP contribution < -0.4 is 0 Å². The van der Waals surface area contributed by atoms with Gasteiger partial charge in [0.2, 0.25) is 0 Å². The van der Waals surface area contributed by atoms with Crippen molar-refractivity contribution < 1.29 is 0 Å². The highest BCUT2D eigenvalue weighted by atomic mass is 15.1. The van der Waals surface area contributed by atoms with Crippen LogP contribution in [0.15, 0.2) is 558 Å². The number of hydrogen-bond donors (Lipinski definition) is 0. The van der Waals surface area contributed by atoms with Crippen molar-refractivity contribution in [2.24, 2.45) is 0 Å². The molecule has 0 aliphatic carbocycles. The molecule has 3 aromatic heterocycles. The molecule has 0 atom stereocenters. The van der Waals surface area contributed by atoms with Crippen LogP contribution in [0.5, 0.6) is 0 Å². The number of aromatic nitrogens is 6. The Morgan fingerprint density at radius 3 is 0.694 bits per heavy atom. The van der Waals surface area contributed by atoms with E-state index in [0.29, 0.717) is 0 Å². The van der Waals surface area contributed by atoms with Gasteiger partial charge in [-0.25, -0.2) is 15.0 Å². The summed E-state index contributed by atoms with van der Waals surface area (Å²) in [6.45, 7) is 0. The van der Waals surface area contributed by atoms with Gasteiger partial charge in [-0.3, -0.25) is 13.7 Å². The molecule has 26 aromatic carbocycles. The Morgan fingerprint density at radius 2 is 0.327 bits per heavy atom. The molecule has 0 unspecified atom stereocenters. The van der Waals surface area contributed by atoms with Crippen molar-refractivity contribution in [3.05, 3.63) is 558 Å². The van der Waals surface area contributed by atoms with Gasteiger partial charge in [0.1, 0.15) is 17.5 Å². The summed E-state index contributed by atoms with van der Waals surface area (Å²) in [5.74, 6) is 2.80. The van der Waals surface area contributed by atoms with Crippen LogP contribution in [0, 0.1) is 0 Å². The number of hydrogen-bond acceptors (Lipinski definition) is 3. The van der Waals surface area contributed by atoms with Crippen molar-refractivity contribution in [1.29, 1.82) is 0 Å². The molecule has 686 valence electrons. The van der Waals surface area contributed by atoms with Crippen molar-refractivity contribution in [2.45, 2.75) is 0 Å². The fourth-order valence-corrected chi connectivity index (χ4v) is 22.6. The average molecular weight is 1870 g/mol. The van der Waals surface area contributed by atoms with Crippen LogP contribution in [-0.4, -0.2) is 28.7 Å². The zero-order valence-corrected chi connectivity index (χ0v) is 80.3. The molecule has 0 saturated heterocycles. The zero-order chi connectivity index (χ0) is 97.2. The van der Waals surface area contributed by atoms with Crippen LogP contribution in [0.2, 0.25) is 0 Å². The molecule has 3 heterocycles. The van der Waals surface area contributed by atoms with E-state index in [1.54, 1.807) is 0 Å². The maximum absolute atomic E-state index is 5.25. The Kier molecular flexibility index (Phi) is 21.9. The first-order valence-electron chi connectivity index (χ1n) is 50.3. The summed E-state index contributed by atoms with van der Waals surface area (Å²) in [7, 11) is 0. The lowest BCUT2D eigenvalue weighted by Gasteiger charge is -2.19. The standard InChI is InChI=1S/C49H32N2.C47H30N2.C45H30N2/c1-3-14-35(15-4-1)47-41-19-9-10-20-42(41)48(39-24-23-33-13-7-8-18-37(33)31-39)43-30-27-38(32-44(43)47)34-25-28-40(29-26-34)51-46-22-12-11-21-45(46)50-49(51)36-16-5-2-6-17-36;1-2-16-38(17-3-1)49-44-21-11-10-20-43(44)48-47(49)37-26-27-41-42(30-37)46(36-25-23-32-13-5-7-15-34(32)29-36)40-19-9-8-18-39(40)45(41)35-24-22-31-12-4-6-14-33(31)28-35;1-4-14-31(15-5-1)32-24-26-34(27-25-32)43-37-20-10-11-21-38(37)44(33-16-6-2-7-17-33)40-30-35(28-29-39(40)43)45-46-41-22-12-13-23-42(41)47(45)36-18-8-3-9-19-36/h1-32H;1-30H;1-30H. The second-order valence-electron chi connectivity index (χ2n) is 37.9. The van der Waals surface area contributed by atoms with E-state index < -0.39 is 0 Å². The highest BCUT2D eigenvalue weighted by Gasteiger charge is 2.27. The molecule has 0 aliphatic rings. The van der Waals surface area contributed by atoms with Gasteiger partial charge in [0.25, 0.3) is 0 Å². The fraction of sp³-hybridized carbons (Fsp3) is 0. The minimum absolute atomic E-state index is 0.930. The first-order chi connectivity index (χ1) is 72.9. The Bertz CT molecular complexity index is 10100. The minimum Gasteiger partial charge on any atom is -0.292 e. The Balaban J connectivity index is 0.000000109. The molecule has 6 heteroatoms. The van der Waals surface area contributed by atoms with Crippen molar-refractivity contribution in [1.82, 2.24) is 28.7 Å². The smallest absolute Gasteiger partial charge is 0.145 e. The molecule has 0 aliphatic heterocycles. The fourth-order valence-electron chi connectivity index (χ4n) is 22.6. The maximum Gasteiger partial charge on any atom is 0.145 e. The topological polar surface area (TPSA) is 53.5 Å². The van der Waals surface area contributed by atoms with E-state index >= 15 is 0 Å². The molecule has 147 heavy (non-hydrogen) atoms. The van der Waals surface area contributed by atoms with Gasteiger partial charge in [0.15, 0.2) is 0 Å². The quantitative estimate of drug-likeness (QED) is 0.102. The van der Waals surface area contributed by atoms with Gasteiger partial charge in [0, 0.05) is 33.8 Å². The molecule has 0 saturated carbocycles. The van der Waals surface area contributed by atoms with Gasteiger partial charge in [-0.05, 0) is 295 Å². The van der Waals surface area contributed by atoms with Crippen LogP contribution in [0.1, 0.15) is 0 Å². The van der Waals surface area contributed by atoms with Gasteiger partial charge in [-0.2, -0.15) is 0 Å². The summed E-state index contributed by atoms with van der Waals surface area (Å²) >= 11 is 0. The maximum atomic E-state index is 5.25. The molecular weight excluding hydrogens is 1780 g/mol. The van der Waals surface area contributed by atoms with Gasteiger partial charge < -0.3 is 0 Å². The molecule has 0 bridgehead atoms. The highest BCUT2D eigenvalue weighted by Crippen LogP contribution is 2.51. The van der Waals surface area contributed by atoms with Crippen LogP contribution in [0.4, 0.5) is 0 Å². The normalized spacial score (nSPS) is 11.5. The second kappa shape index (κ2) is 37.2. The van der Waals surface area contributed by atoms with Crippen LogP contribution >= 0.6 is 0 Å². The third-order valence-corrected chi connectivity index (χ3v) is 29.3. The molecule has 0 fully saturated rings. The Morgan fingerprint density at radius 1 is 0.116 bits per heavy atom. The molecular formula is C141H92N6. The van der Waals surface area contributed by atoms with E-state index in [9.17, 15) is 0 Å². The van der Waals surface area contributed by atoms with E-state index in [0.717, 1.165) is 84.3 Å². The zero-order valence-electron chi connectivity index (χ0n) is 80.3. The summed E-state index contributed by atoms with van der Waals surface area (Å²) in [6, 6.07) is 201. The molecule has 29 rings (SSSR count). The molecule has 0 spiro atoms. The van der Waals surface area contributed by atoms with E-state index in [1.807, 2.05) is 6.07 Å². The number of nitrogens with zero attached hydrogens (tertiary/aromatic N) is 6. The van der Waals surface area contributed by atoms with Crippen molar-refractivity contribution >= 4 is 130 Å². The van der Waals surface area contributed by atoms with Gasteiger partial charge in [-0.15, -0.1) is 0 Å². The highest BCUT2D eigenvalue weighted by molar-refractivity contribution is 6.26. The van der Waals surface area contributed by atoms with E-state index in [1.165, 1.54) is 186 Å². The lowest BCUT2D eigenvalue weighted by atomic mass is 9.84. The van der Waals surface area contributed by atoms with E-state index in [-0.39, 0.29) is 0 Å². The molecule has 0 N–H and O–H groups in total. The molecule has 0 radical (unpaired) electrons. The first kappa shape index (κ1) is 86.6. The summed E-state index contributed by atoms with van der Waals surface area (Å²) < 4.78 is 6.84. The molecule has 0 amide bonds. The third kappa shape index (κ3) is 15.7. The summed E-state index contributed by atoms with van der Waals surface area (Å²) in [4.78, 5) is 15.5. The average Bonchev–Trinajstić information content (AvgIpc) is 1.33. The van der Waals surface area contributed by atoms with Crippen LogP contribution in [0.3, 0.4) is 0 Å². The minimum atomic E-state index is 0.930. The predicted octanol–water partition coefficient (Wildman–Crippen LogP) is 37.8. The SMILES string of the molecule is c1ccc(-c2c3ccccc3c(-c3ccc4ccccc4c3)c3ccc(-c4ccc(-n5c(-c6ccccc6)nc6ccccc65)cc4)cc23)cc1.c1ccc(-c2ccc(-c3c4ccccc4c(-c4ccccc4)c4cc(-c5nc6ccccc6n5-c5ccccc5)ccc34)cc2)cc1.c1ccc(-n2c(-c3ccc4c(-c5ccc6ccccc6c5)c5ccccc5c(-c5ccc6ccccc6c5)c4c3)nc3ccccc32)cc1. The van der Waals surface area contributed by atoms with E-state index in [4.69, 9.17) is 15.0 Å². The predicted molar refractivity (Wildman–Crippen MR) is 621 cm³/mol. The molecule has 29 aromatic rings. The van der Waals surface area contributed by atoms with Crippen molar-refractivity contribution in [2.75, 3.05) is 0 Å². The largest absolute Gasteiger partial charge is 0.292 e. The number of fused-ring (bicyclic) bond motifs is 12. The number of rotatable bonds is 14. The van der Waals surface area contributed by atoms with Crippen molar-refractivity contribution in [3.63, 3.8) is 0 Å². The van der Waals surface area contributed by atoms with Gasteiger partial charge in [-0.1, -0.05) is 449 Å². The van der Waals surface area contributed by atoms with Crippen LogP contribution in [-0.2, 0) is 0 Å². The number of imidazole rings is 3. The van der Waals surface area contributed by atoms with Gasteiger partial charge >= 0.3 is 0 Å². The van der Waals surface area contributed by atoms with E-state index in [2.05, 4.69) is 566 Å². The number of benzene rings is 26. The van der Waals surface area contributed by atoms with Crippen LogP contribution in [0.25, 0.3) is 270 Å². The Labute approximate surface area is 850 Å². The first-order valence-corrected chi connectivity index (χ1v) is 50.3.